The summed E-state index contributed by atoms with van der Waals surface area (Å²) in [5, 5.41) is 0. The molecule has 0 aliphatic carbocycles. The summed E-state index contributed by atoms with van der Waals surface area (Å²) in [6.07, 6.45) is 5.23. The molecule has 1 aromatic rings. The number of aromatic nitrogens is 2. The van der Waals surface area contributed by atoms with Crippen molar-refractivity contribution in [2.75, 3.05) is 7.11 Å². The quantitative estimate of drug-likeness (QED) is 0.514. The minimum absolute atomic E-state index is 0.102. The van der Waals surface area contributed by atoms with Crippen LogP contribution < -0.4 is 0 Å². The van der Waals surface area contributed by atoms with Gasteiger partial charge in [-0.25, -0.2) is 9.78 Å². The molecule has 0 atom stereocenters. The first-order valence-electron chi connectivity index (χ1n) is 2.61. The van der Waals surface area contributed by atoms with Crippen LogP contribution in [-0.2, 0) is 4.74 Å². The third-order valence-corrected chi connectivity index (χ3v) is 0.894. The normalized spacial score (nSPS) is 8.90. The monoisotopic (exact) mass is 137 g/mol. The lowest BCUT2D eigenvalue weighted by Crippen LogP contribution is -2.03. The van der Waals surface area contributed by atoms with Gasteiger partial charge in [0.1, 0.15) is 6.20 Å². The zero-order valence-corrected chi connectivity index (χ0v) is 5.37. The van der Waals surface area contributed by atoms with Crippen molar-refractivity contribution in [2.24, 2.45) is 0 Å². The van der Waals surface area contributed by atoms with Crippen LogP contribution in [0.15, 0.2) is 12.4 Å². The maximum Gasteiger partial charge on any atom is 0.359 e. The average Bonchev–Trinajstić information content (AvgIpc) is 2.05. The summed E-state index contributed by atoms with van der Waals surface area (Å²) in [7, 11) is 1.28. The van der Waals surface area contributed by atoms with E-state index in [2.05, 4.69) is 20.9 Å². The van der Waals surface area contributed by atoms with Crippen molar-refractivity contribution in [1.29, 1.82) is 0 Å². The van der Waals surface area contributed by atoms with Crippen LogP contribution in [0.4, 0.5) is 0 Å². The predicted molar refractivity (Wildman–Crippen MR) is 32.2 cm³/mol. The Morgan fingerprint density at radius 1 is 1.70 bits per heavy atom. The van der Waals surface area contributed by atoms with E-state index in [-0.39, 0.29) is 5.69 Å². The van der Waals surface area contributed by atoms with Gasteiger partial charge < -0.3 is 4.74 Å². The van der Waals surface area contributed by atoms with Crippen LogP contribution in [0.2, 0.25) is 0 Å². The summed E-state index contributed by atoms with van der Waals surface area (Å²) in [5.41, 5.74) is 0.102. The minimum atomic E-state index is -0.520. The summed E-state index contributed by atoms with van der Waals surface area (Å²) >= 11 is 0. The van der Waals surface area contributed by atoms with Gasteiger partial charge in [0, 0.05) is 12.4 Å². The SMILES string of the molecule is COC(=O)c1[c]nccn1. The molecule has 10 heavy (non-hydrogen) atoms. The third-order valence-electron chi connectivity index (χ3n) is 0.894. The molecule has 1 rings (SSSR count). The molecule has 1 aromatic heterocycles. The fourth-order valence-corrected chi connectivity index (χ4v) is 0.464. The number of hydrogen-bond donors (Lipinski definition) is 0. The molecule has 0 aromatic carbocycles. The third kappa shape index (κ3) is 1.28. The van der Waals surface area contributed by atoms with Gasteiger partial charge in [0.2, 0.25) is 0 Å². The Balaban J connectivity index is 2.85. The molecule has 0 spiro atoms. The highest BCUT2D eigenvalue weighted by Gasteiger charge is 2.04. The van der Waals surface area contributed by atoms with Crippen molar-refractivity contribution in [2.45, 2.75) is 0 Å². The molecule has 0 N–H and O–H groups in total. The van der Waals surface area contributed by atoms with Crippen LogP contribution in [0.25, 0.3) is 0 Å². The molecule has 51 valence electrons. The van der Waals surface area contributed by atoms with Crippen molar-refractivity contribution >= 4 is 5.97 Å². The minimum Gasteiger partial charge on any atom is -0.464 e. The molecule has 0 amide bonds. The summed E-state index contributed by atoms with van der Waals surface area (Å²) in [4.78, 5) is 17.9. The number of nitrogens with zero attached hydrogens (tertiary/aromatic N) is 2. The van der Waals surface area contributed by atoms with Gasteiger partial charge in [-0.3, -0.25) is 4.98 Å². The molecule has 0 aliphatic rings. The van der Waals surface area contributed by atoms with Crippen molar-refractivity contribution in [3.05, 3.63) is 24.3 Å². The molecule has 4 heteroatoms. The number of carbonyl (C=O) groups is 1. The zero-order valence-electron chi connectivity index (χ0n) is 5.37. The van der Waals surface area contributed by atoms with Crippen molar-refractivity contribution in [1.82, 2.24) is 9.97 Å². The predicted octanol–water partition coefficient (Wildman–Crippen LogP) is 0.0634. The number of carbonyl (C=O) groups excluding carboxylic acids is 1. The first-order valence-corrected chi connectivity index (χ1v) is 2.61. The van der Waals surface area contributed by atoms with E-state index >= 15 is 0 Å². The number of ether oxygens (including phenoxy) is 1. The van der Waals surface area contributed by atoms with E-state index in [9.17, 15) is 4.79 Å². The smallest absolute Gasteiger partial charge is 0.359 e. The fourth-order valence-electron chi connectivity index (χ4n) is 0.464. The van der Waals surface area contributed by atoms with Crippen LogP contribution in [0.5, 0.6) is 0 Å². The molecule has 0 saturated carbocycles. The lowest BCUT2D eigenvalue weighted by atomic mass is 10.5. The number of rotatable bonds is 1. The summed E-state index contributed by atoms with van der Waals surface area (Å²) in [5.74, 6) is -0.520. The summed E-state index contributed by atoms with van der Waals surface area (Å²) in [6.45, 7) is 0. The molecular weight excluding hydrogens is 132 g/mol. The Hall–Kier alpha value is -1.45. The van der Waals surface area contributed by atoms with Gasteiger partial charge in [-0.2, -0.15) is 0 Å². The van der Waals surface area contributed by atoms with E-state index in [1.54, 1.807) is 0 Å². The molecule has 0 bridgehead atoms. The van der Waals surface area contributed by atoms with Crippen LogP contribution in [0.3, 0.4) is 0 Å². The van der Waals surface area contributed by atoms with E-state index < -0.39 is 5.97 Å². The van der Waals surface area contributed by atoms with E-state index in [0.717, 1.165) is 0 Å². The van der Waals surface area contributed by atoms with Gasteiger partial charge >= 0.3 is 5.97 Å². The topological polar surface area (TPSA) is 52.1 Å². The van der Waals surface area contributed by atoms with E-state index in [4.69, 9.17) is 0 Å². The second-order valence-electron chi connectivity index (χ2n) is 1.51. The van der Waals surface area contributed by atoms with Crippen LogP contribution in [0, 0.1) is 6.20 Å². The van der Waals surface area contributed by atoms with Gasteiger partial charge in [0.05, 0.1) is 7.11 Å². The number of hydrogen-bond acceptors (Lipinski definition) is 4. The maximum atomic E-state index is 10.7. The van der Waals surface area contributed by atoms with Crippen molar-refractivity contribution < 1.29 is 9.53 Å². The Morgan fingerprint density at radius 2 is 2.50 bits per heavy atom. The summed E-state index contributed by atoms with van der Waals surface area (Å²) < 4.78 is 4.36. The number of esters is 1. The average molecular weight is 137 g/mol. The van der Waals surface area contributed by atoms with E-state index in [0.29, 0.717) is 0 Å². The Kier molecular flexibility index (Phi) is 1.94. The molecule has 0 unspecified atom stereocenters. The van der Waals surface area contributed by atoms with E-state index in [1.165, 1.54) is 19.5 Å². The number of methoxy groups -OCH3 is 1. The first-order chi connectivity index (χ1) is 4.84. The zero-order chi connectivity index (χ0) is 7.40. The lowest BCUT2D eigenvalue weighted by molar-refractivity contribution is 0.0593. The molecular formula is C6H5N2O2. The highest BCUT2D eigenvalue weighted by Crippen LogP contribution is 1.90. The second-order valence-corrected chi connectivity index (χ2v) is 1.51. The van der Waals surface area contributed by atoms with Gasteiger partial charge in [0.25, 0.3) is 0 Å². The van der Waals surface area contributed by atoms with Gasteiger partial charge in [-0.1, -0.05) is 0 Å². The Bertz CT molecular complexity index is 222. The molecule has 1 heterocycles. The highest BCUT2D eigenvalue weighted by atomic mass is 16.5. The molecule has 4 nitrogen and oxygen atoms in total. The Morgan fingerprint density at radius 3 is 3.00 bits per heavy atom. The standard InChI is InChI=1S/C6H5N2O2/c1-10-6(9)5-4-7-2-3-8-5/h2-3H,1H3. The Labute approximate surface area is 57.9 Å². The molecule has 0 saturated heterocycles. The van der Waals surface area contributed by atoms with Crippen LogP contribution >= 0.6 is 0 Å². The van der Waals surface area contributed by atoms with E-state index in [1.807, 2.05) is 0 Å². The lowest BCUT2D eigenvalue weighted by Gasteiger charge is -1.93. The van der Waals surface area contributed by atoms with Crippen molar-refractivity contribution in [3.63, 3.8) is 0 Å². The largest absolute Gasteiger partial charge is 0.464 e. The highest BCUT2D eigenvalue weighted by molar-refractivity contribution is 5.86. The summed E-state index contributed by atoms with van der Waals surface area (Å²) in [6, 6.07) is 0. The van der Waals surface area contributed by atoms with Gasteiger partial charge in [-0.15, -0.1) is 0 Å². The van der Waals surface area contributed by atoms with Crippen LogP contribution in [-0.4, -0.2) is 23.0 Å². The first kappa shape index (κ1) is 6.67. The second kappa shape index (κ2) is 2.91. The van der Waals surface area contributed by atoms with Crippen LogP contribution in [0.1, 0.15) is 10.5 Å². The molecule has 1 radical (unpaired) electrons. The maximum absolute atomic E-state index is 10.7. The van der Waals surface area contributed by atoms with Gasteiger partial charge in [0.15, 0.2) is 5.69 Å². The van der Waals surface area contributed by atoms with Gasteiger partial charge in [-0.05, 0) is 0 Å². The molecule has 0 fully saturated rings. The fraction of sp³-hybridized carbons (Fsp3) is 0.167. The molecule has 0 aliphatic heterocycles. The van der Waals surface area contributed by atoms with Crippen molar-refractivity contribution in [3.8, 4) is 0 Å².